The second kappa shape index (κ2) is 11.4. The third kappa shape index (κ3) is 5.02. The summed E-state index contributed by atoms with van der Waals surface area (Å²) in [5, 5.41) is 0.865. The Morgan fingerprint density at radius 3 is 2.60 bits per heavy atom. The summed E-state index contributed by atoms with van der Waals surface area (Å²) in [4.78, 5) is 49.3. The first-order valence-corrected chi connectivity index (χ1v) is 15.3. The van der Waals surface area contributed by atoms with E-state index < -0.39 is 22.9 Å². The van der Waals surface area contributed by atoms with Crippen LogP contribution in [0.2, 0.25) is 5.02 Å². The van der Waals surface area contributed by atoms with E-state index in [1.807, 2.05) is 25.1 Å². The molecule has 0 N–H and O–H groups in total. The molecular formula is C30H33ClN4O6S. The zero-order chi connectivity index (χ0) is 29.6. The average molecular weight is 613 g/mol. The fourth-order valence-corrected chi connectivity index (χ4v) is 7.20. The second-order valence-electron chi connectivity index (χ2n) is 11.3. The molecule has 222 valence electrons. The fourth-order valence-electron chi connectivity index (χ4n) is 5.70. The predicted molar refractivity (Wildman–Crippen MR) is 160 cm³/mol. The highest BCUT2D eigenvalue weighted by molar-refractivity contribution is 7.22. The van der Waals surface area contributed by atoms with Gasteiger partial charge < -0.3 is 18.8 Å². The molecule has 0 spiro atoms. The van der Waals surface area contributed by atoms with Gasteiger partial charge in [-0.15, -0.1) is 11.3 Å². The number of halogens is 1. The third-order valence-corrected chi connectivity index (χ3v) is 9.84. The Labute approximate surface area is 251 Å². The molecule has 2 aliphatic heterocycles. The number of hydrogen-bond acceptors (Lipinski definition) is 8. The molecule has 42 heavy (non-hydrogen) atoms. The first kappa shape index (κ1) is 28.9. The van der Waals surface area contributed by atoms with Crippen LogP contribution in [0.15, 0.2) is 50.7 Å². The van der Waals surface area contributed by atoms with Crippen LogP contribution in [0.1, 0.15) is 50.3 Å². The minimum Gasteiger partial charge on any atom is -0.444 e. The van der Waals surface area contributed by atoms with Crippen molar-refractivity contribution in [1.29, 1.82) is 0 Å². The molecule has 12 heteroatoms. The van der Waals surface area contributed by atoms with E-state index in [4.69, 9.17) is 25.5 Å². The smallest absolute Gasteiger partial charge is 0.333 e. The van der Waals surface area contributed by atoms with E-state index >= 15 is 0 Å². The second-order valence-corrected chi connectivity index (χ2v) is 12.7. The van der Waals surface area contributed by atoms with Gasteiger partial charge in [0.2, 0.25) is 11.8 Å². The van der Waals surface area contributed by atoms with Gasteiger partial charge in [-0.2, -0.15) is 0 Å². The number of carbonyl (C=O) groups excluding carboxylic acids is 1. The van der Waals surface area contributed by atoms with Crippen LogP contribution in [-0.2, 0) is 26.4 Å². The summed E-state index contributed by atoms with van der Waals surface area (Å²) in [6.07, 6.45) is 4.64. The molecule has 2 saturated heterocycles. The lowest BCUT2D eigenvalue weighted by Gasteiger charge is -2.38. The van der Waals surface area contributed by atoms with Crippen molar-refractivity contribution in [2.45, 2.75) is 64.3 Å². The minimum atomic E-state index is -1.41. The van der Waals surface area contributed by atoms with Crippen LogP contribution >= 0.6 is 22.9 Å². The number of oxazole rings is 1. The number of fused-ring (bicyclic) bond motifs is 1. The number of thiophene rings is 1. The van der Waals surface area contributed by atoms with Gasteiger partial charge in [0.1, 0.15) is 22.7 Å². The molecule has 0 aliphatic carbocycles. The molecule has 0 saturated carbocycles. The van der Waals surface area contributed by atoms with E-state index in [9.17, 15) is 14.4 Å². The Morgan fingerprint density at radius 1 is 1.21 bits per heavy atom. The molecule has 2 fully saturated rings. The van der Waals surface area contributed by atoms with Crippen molar-refractivity contribution in [1.82, 2.24) is 19.0 Å². The van der Waals surface area contributed by atoms with Crippen LogP contribution < -0.4 is 11.2 Å². The quantitative estimate of drug-likeness (QED) is 0.283. The molecule has 3 aromatic heterocycles. The van der Waals surface area contributed by atoms with Gasteiger partial charge in [-0.3, -0.25) is 14.2 Å². The van der Waals surface area contributed by atoms with Crippen molar-refractivity contribution in [2.24, 2.45) is 0 Å². The minimum absolute atomic E-state index is 0.0790. The van der Waals surface area contributed by atoms with Crippen molar-refractivity contribution < 1.29 is 18.7 Å². The average Bonchev–Trinajstić information content (AvgIpc) is 3.58. The van der Waals surface area contributed by atoms with Crippen LogP contribution in [0.3, 0.4) is 0 Å². The lowest BCUT2D eigenvalue weighted by molar-refractivity contribution is -0.143. The highest BCUT2D eigenvalue weighted by Gasteiger charge is 2.40. The van der Waals surface area contributed by atoms with Crippen molar-refractivity contribution in [2.75, 3.05) is 26.3 Å². The normalized spacial score (nSPS) is 17.0. The summed E-state index contributed by atoms with van der Waals surface area (Å²) in [6, 6.07) is 7.41. The van der Waals surface area contributed by atoms with Crippen molar-refractivity contribution >= 4 is 39.1 Å². The molecule has 1 amide bonds. The highest BCUT2D eigenvalue weighted by Crippen LogP contribution is 2.37. The number of benzene rings is 1. The molecule has 6 rings (SSSR count). The number of likely N-dealkylation sites (tertiary alicyclic amines) is 1. The number of carbonyl (C=O) groups is 1. The Hall–Kier alpha value is -3.25. The monoisotopic (exact) mass is 612 g/mol. The zero-order valence-corrected chi connectivity index (χ0v) is 25.4. The third-order valence-electron chi connectivity index (χ3n) is 8.19. The number of nitrogens with zero attached hydrogens (tertiary/aromatic N) is 4. The molecule has 4 aromatic rings. The lowest BCUT2D eigenvalue weighted by atomic mass is 10.00. The maximum Gasteiger partial charge on any atom is 0.333 e. The van der Waals surface area contributed by atoms with Crippen molar-refractivity contribution in [3.63, 3.8) is 0 Å². The molecule has 10 nitrogen and oxygen atoms in total. The zero-order valence-electron chi connectivity index (χ0n) is 23.8. The summed E-state index contributed by atoms with van der Waals surface area (Å²) in [5.74, 6) is 0.0939. The summed E-state index contributed by atoms with van der Waals surface area (Å²) in [5.41, 5.74) is -1.14. The predicted octanol–water partition coefficient (Wildman–Crippen LogP) is 4.75. The Bertz CT molecular complexity index is 1730. The van der Waals surface area contributed by atoms with Gasteiger partial charge in [-0.05, 0) is 51.7 Å². The van der Waals surface area contributed by atoms with Crippen LogP contribution in [0.5, 0.6) is 0 Å². The van der Waals surface area contributed by atoms with E-state index in [0.717, 1.165) is 16.6 Å². The van der Waals surface area contributed by atoms with Crippen molar-refractivity contribution in [3.8, 4) is 10.8 Å². The summed E-state index contributed by atoms with van der Waals surface area (Å²) in [7, 11) is 0. The number of rotatable bonds is 8. The summed E-state index contributed by atoms with van der Waals surface area (Å²) in [6.45, 7) is 7.54. The van der Waals surface area contributed by atoms with Crippen LogP contribution in [0.4, 0.5) is 0 Å². The van der Waals surface area contributed by atoms with Gasteiger partial charge in [0.25, 0.3) is 5.56 Å². The molecule has 0 bridgehead atoms. The summed E-state index contributed by atoms with van der Waals surface area (Å²) < 4.78 is 20.4. The molecule has 2 aliphatic rings. The number of amides is 1. The largest absolute Gasteiger partial charge is 0.444 e. The van der Waals surface area contributed by atoms with E-state index in [1.165, 1.54) is 23.8 Å². The molecule has 1 atom stereocenters. The highest BCUT2D eigenvalue weighted by atomic mass is 35.5. The standard InChI is InChI=1S/C30H33ClN4O6S/c1-18-23-26(36)35(30(2,3)28(37)33-12-6-13-33)29(38)34(27(23)42-24(18)25-32-11-16-40-25)17-22(20-7-4-5-8-21(20)31)41-19-9-14-39-15-10-19/h4-5,7-8,11,16,19,22H,6,9-10,12-15,17H2,1-3H3/t22-/m1/s1. The molecule has 0 unspecified atom stereocenters. The van der Waals surface area contributed by atoms with Crippen LogP contribution in [0.25, 0.3) is 21.0 Å². The molecule has 1 aromatic carbocycles. The van der Waals surface area contributed by atoms with E-state index in [2.05, 4.69) is 4.98 Å². The van der Waals surface area contributed by atoms with E-state index in [1.54, 1.807) is 29.4 Å². The van der Waals surface area contributed by atoms with Gasteiger partial charge in [-0.25, -0.2) is 14.3 Å². The molecule has 0 radical (unpaired) electrons. The van der Waals surface area contributed by atoms with E-state index in [-0.39, 0.29) is 18.6 Å². The van der Waals surface area contributed by atoms with Gasteiger partial charge in [0, 0.05) is 36.9 Å². The first-order chi connectivity index (χ1) is 20.2. The maximum atomic E-state index is 14.4. The topological polar surface area (TPSA) is 109 Å². The van der Waals surface area contributed by atoms with E-state index in [0.29, 0.717) is 70.7 Å². The number of ether oxygens (including phenoxy) is 2. The van der Waals surface area contributed by atoms with Gasteiger partial charge in [0.15, 0.2) is 0 Å². The Kier molecular flexibility index (Phi) is 7.86. The van der Waals surface area contributed by atoms with Crippen LogP contribution in [-0.4, -0.2) is 57.3 Å². The van der Waals surface area contributed by atoms with Gasteiger partial charge in [-0.1, -0.05) is 29.8 Å². The molecular weight excluding hydrogens is 580 g/mol. The first-order valence-electron chi connectivity index (χ1n) is 14.1. The Morgan fingerprint density at radius 2 is 1.95 bits per heavy atom. The Balaban J connectivity index is 1.56. The van der Waals surface area contributed by atoms with Crippen molar-refractivity contribution in [3.05, 3.63) is 73.7 Å². The maximum absolute atomic E-state index is 14.4. The van der Waals surface area contributed by atoms with Gasteiger partial charge >= 0.3 is 5.69 Å². The number of hydrogen-bond donors (Lipinski definition) is 0. The molecule has 5 heterocycles. The summed E-state index contributed by atoms with van der Waals surface area (Å²) >= 11 is 7.93. The lowest BCUT2D eigenvalue weighted by Crippen LogP contribution is -2.59. The SMILES string of the molecule is Cc1c(-c2ncco2)sc2c1c(=O)n(C(C)(C)C(=O)N1CCC1)c(=O)n2C[C@@H](OC1CCOCC1)c1ccccc1Cl. The number of aromatic nitrogens is 3. The fraction of sp³-hybridized carbons (Fsp3) is 0.467. The van der Waals surface area contributed by atoms with Crippen LogP contribution in [0, 0.1) is 6.92 Å². The number of aryl methyl sites for hydroxylation is 1. The van der Waals surface area contributed by atoms with Gasteiger partial charge in [0.05, 0.1) is 29.1 Å².